The number of imidazole rings is 1. The smallest absolute Gasteiger partial charge is 0.167 e. The topological polar surface area (TPSA) is 129 Å². The molecule has 3 rings (SSSR count). The molecule has 4 N–H and O–H groups in total. The summed E-state index contributed by atoms with van der Waals surface area (Å²) in [6.07, 6.45) is 0.563. The minimum atomic E-state index is -1.32. The van der Waals surface area contributed by atoms with Crippen LogP contribution in [0.5, 0.6) is 0 Å². The Morgan fingerprint density at radius 3 is 2.62 bits per heavy atom. The molecule has 0 saturated carbocycles. The maximum Gasteiger partial charge on any atom is 0.167 e. The lowest BCUT2D eigenvalue weighted by Gasteiger charge is -2.37. The van der Waals surface area contributed by atoms with Gasteiger partial charge in [0.15, 0.2) is 16.8 Å². The minimum absolute atomic E-state index is 0.263. The Bertz CT molecular complexity index is 793. The molecule has 0 spiro atoms. The van der Waals surface area contributed by atoms with Crippen LogP contribution in [0, 0.1) is 0 Å². The van der Waals surface area contributed by atoms with Gasteiger partial charge in [0, 0.05) is 0 Å². The molecule has 1 saturated heterocycles. The molecule has 2 aromatic heterocycles. The van der Waals surface area contributed by atoms with Crippen molar-refractivity contribution in [2.75, 3.05) is 12.3 Å². The van der Waals surface area contributed by atoms with Crippen molar-refractivity contribution in [3.8, 4) is 0 Å². The molecule has 1 aliphatic heterocycles. The molecule has 0 bridgehead atoms. The molecule has 10 heteroatoms. The van der Waals surface area contributed by atoms with Gasteiger partial charge in [-0.25, -0.2) is 15.0 Å². The summed E-state index contributed by atoms with van der Waals surface area (Å²) in [5, 5.41) is 20.0. The van der Waals surface area contributed by atoms with Crippen LogP contribution in [-0.4, -0.2) is 69.0 Å². The van der Waals surface area contributed by atoms with Gasteiger partial charge >= 0.3 is 0 Å². The van der Waals surface area contributed by atoms with Crippen LogP contribution < -0.4 is 5.73 Å². The fourth-order valence-corrected chi connectivity index (χ4v) is 5.22. The summed E-state index contributed by atoms with van der Waals surface area (Å²) in [7, 11) is -1.32. The van der Waals surface area contributed by atoms with E-state index < -0.39 is 38.1 Å². The Labute approximate surface area is 153 Å². The zero-order valence-corrected chi connectivity index (χ0v) is 16.7. The molecule has 143 valence electrons. The molecule has 26 heavy (non-hydrogen) atoms. The van der Waals surface area contributed by atoms with Crippen LogP contribution in [0.25, 0.3) is 11.2 Å². The Hall–Kier alpha value is -1.59. The molecular formula is C16H26N5O4Si. The van der Waals surface area contributed by atoms with Crippen LogP contribution in [0.1, 0.15) is 20.8 Å². The summed E-state index contributed by atoms with van der Waals surface area (Å²) in [6.45, 7) is 9.49. The SMILES string of the molecule is C[Si](C)[C@@]1(n2cnc3c(N)ncnc32)O[C@H](CO)[C@@H](OC(C)(C)C)[C@H]1O. The number of nitrogens with two attached hydrogens (primary N) is 1. The van der Waals surface area contributed by atoms with E-state index in [0.29, 0.717) is 11.2 Å². The molecule has 4 atom stereocenters. The number of rotatable bonds is 4. The Kier molecular flexibility index (Phi) is 4.82. The largest absolute Gasteiger partial charge is 0.394 e. The van der Waals surface area contributed by atoms with Gasteiger partial charge < -0.3 is 25.4 Å². The van der Waals surface area contributed by atoms with Crippen molar-refractivity contribution in [3.05, 3.63) is 12.7 Å². The highest BCUT2D eigenvalue weighted by molar-refractivity contribution is 6.58. The molecule has 1 radical (unpaired) electrons. The highest BCUT2D eigenvalue weighted by Gasteiger charge is 2.59. The predicted octanol–water partition coefficient (Wildman–Crippen LogP) is 0.291. The lowest BCUT2D eigenvalue weighted by Crippen LogP contribution is -2.55. The normalized spacial score (nSPS) is 29.8. The number of anilines is 1. The summed E-state index contributed by atoms with van der Waals surface area (Å²) in [5.41, 5.74) is 6.33. The third-order valence-electron chi connectivity index (χ3n) is 4.52. The number of nitrogens with zero attached hydrogens (tertiary/aromatic N) is 4. The van der Waals surface area contributed by atoms with Gasteiger partial charge in [-0.05, 0) is 20.8 Å². The summed E-state index contributed by atoms with van der Waals surface area (Å²) in [5.74, 6) is 0.263. The summed E-state index contributed by atoms with van der Waals surface area (Å²) < 4.78 is 14.0. The molecular weight excluding hydrogens is 354 g/mol. The van der Waals surface area contributed by atoms with E-state index in [-0.39, 0.29) is 12.4 Å². The van der Waals surface area contributed by atoms with E-state index in [4.69, 9.17) is 15.2 Å². The van der Waals surface area contributed by atoms with Crippen molar-refractivity contribution in [1.29, 1.82) is 0 Å². The average Bonchev–Trinajstić information content (AvgIpc) is 3.08. The Morgan fingerprint density at radius 2 is 2.04 bits per heavy atom. The van der Waals surface area contributed by atoms with E-state index in [1.807, 2.05) is 33.9 Å². The lowest BCUT2D eigenvalue weighted by atomic mass is 10.1. The van der Waals surface area contributed by atoms with Gasteiger partial charge in [-0.3, -0.25) is 4.57 Å². The second-order valence-corrected chi connectivity index (χ2v) is 10.4. The molecule has 1 fully saturated rings. The van der Waals surface area contributed by atoms with Crippen LogP contribution in [0.3, 0.4) is 0 Å². The fraction of sp³-hybridized carbons (Fsp3) is 0.688. The molecule has 9 nitrogen and oxygen atoms in total. The van der Waals surface area contributed by atoms with Crippen LogP contribution in [0.15, 0.2) is 12.7 Å². The first kappa shape index (κ1) is 19.2. The molecule has 0 aromatic carbocycles. The van der Waals surface area contributed by atoms with Crippen molar-refractivity contribution in [3.63, 3.8) is 0 Å². The number of fused-ring (bicyclic) bond motifs is 1. The van der Waals surface area contributed by atoms with Gasteiger partial charge in [0.05, 0.1) is 18.5 Å². The van der Waals surface area contributed by atoms with E-state index in [0.717, 1.165) is 0 Å². The number of nitrogen functional groups attached to an aromatic ring is 1. The number of hydrogen-bond acceptors (Lipinski definition) is 8. The van der Waals surface area contributed by atoms with E-state index >= 15 is 0 Å². The second kappa shape index (κ2) is 6.53. The summed E-state index contributed by atoms with van der Waals surface area (Å²) >= 11 is 0. The fourth-order valence-electron chi connectivity index (χ4n) is 3.43. The van der Waals surface area contributed by atoms with Crippen molar-refractivity contribution in [2.45, 2.75) is 63.1 Å². The molecule has 1 aliphatic rings. The van der Waals surface area contributed by atoms with Crippen molar-refractivity contribution in [1.82, 2.24) is 19.5 Å². The predicted molar refractivity (Wildman–Crippen MR) is 97.8 cm³/mol. The summed E-state index contributed by atoms with van der Waals surface area (Å²) in [4.78, 5) is 12.6. The average molecular weight is 381 g/mol. The maximum atomic E-state index is 11.3. The third kappa shape index (κ3) is 2.91. The maximum absolute atomic E-state index is 11.3. The number of aromatic nitrogens is 4. The van der Waals surface area contributed by atoms with Crippen LogP contribution in [0.2, 0.25) is 13.1 Å². The quantitative estimate of drug-likeness (QED) is 0.646. The first-order valence-electron chi connectivity index (χ1n) is 8.51. The van der Waals surface area contributed by atoms with Crippen molar-refractivity contribution >= 4 is 25.8 Å². The second-order valence-electron chi connectivity index (χ2n) is 7.72. The molecule has 3 heterocycles. The Balaban J connectivity index is 2.15. The van der Waals surface area contributed by atoms with Gasteiger partial charge in [-0.1, -0.05) is 13.1 Å². The monoisotopic (exact) mass is 380 g/mol. The first-order chi connectivity index (χ1) is 12.1. The zero-order chi connectivity index (χ0) is 19.3. The lowest BCUT2D eigenvalue weighted by molar-refractivity contribution is -0.119. The van der Waals surface area contributed by atoms with Crippen LogP contribution >= 0.6 is 0 Å². The number of aliphatic hydroxyl groups is 2. The number of aliphatic hydroxyl groups excluding tert-OH is 2. The Morgan fingerprint density at radius 1 is 1.35 bits per heavy atom. The summed E-state index contributed by atoms with van der Waals surface area (Å²) in [6, 6.07) is 0. The zero-order valence-electron chi connectivity index (χ0n) is 15.7. The standard InChI is InChI=1S/C16H26N5O4Si/c1-15(2,3)25-11-9(6-22)24-16(12(11)23,26(4)5)21-8-20-10-13(17)18-7-19-14(10)21/h7-9,11-12,22-23H,6H2,1-5H3,(H2,17,18,19)/t9-,11-,12-,16+/m1/s1. The van der Waals surface area contributed by atoms with Crippen LogP contribution in [0.4, 0.5) is 5.82 Å². The highest BCUT2D eigenvalue weighted by Crippen LogP contribution is 2.42. The van der Waals surface area contributed by atoms with Gasteiger partial charge in [0.2, 0.25) is 0 Å². The van der Waals surface area contributed by atoms with Gasteiger partial charge in [-0.2, -0.15) is 0 Å². The molecule has 2 aromatic rings. The van der Waals surface area contributed by atoms with E-state index in [1.165, 1.54) is 6.33 Å². The van der Waals surface area contributed by atoms with Crippen LogP contribution in [-0.2, 0) is 14.8 Å². The molecule has 0 amide bonds. The van der Waals surface area contributed by atoms with E-state index in [1.54, 1.807) is 10.9 Å². The van der Waals surface area contributed by atoms with Gasteiger partial charge in [0.25, 0.3) is 0 Å². The highest BCUT2D eigenvalue weighted by atomic mass is 28.3. The van der Waals surface area contributed by atoms with Crippen molar-refractivity contribution in [2.24, 2.45) is 0 Å². The number of hydrogen-bond donors (Lipinski definition) is 3. The van der Waals surface area contributed by atoms with E-state index in [9.17, 15) is 10.2 Å². The minimum Gasteiger partial charge on any atom is -0.394 e. The van der Waals surface area contributed by atoms with Crippen molar-refractivity contribution < 1.29 is 19.7 Å². The third-order valence-corrected chi connectivity index (χ3v) is 6.60. The first-order valence-corrected chi connectivity index (χ1v) is 11.0. The molecule has 0 unspecified atom stereocenters. The van der Waals surface area contributed by atoms with Gasteiger partial charge in [-0.15, -0.1) is 0 Å². The number of ether oxygens (including phenoxy) is 2. The van der Waals surface area contributed by atoms with E-state index in [2.05, 4.69) is 15.0 Å². The van der Waals surface area contributed by atoms with Gasteiger partial charge in [0.1, 0.15) is 39.0 Å². The molecule has 0 aliphatic carbocycles.